The molecule has 0 unspecified atom stereocenters. The van der Waals surface area contributed by atoms with Crippen molar-refractivity contribution in [3.05, 3.63) is 18.1 Å². The first-order valence-electron chi connectivity index (χ1n) is 5.18. The Balaban J connectivity index is 2.16. The van der Waals surface area contributed by atoms with Crippen LogP contribution in [0.5, 0.6) is 11.6 Å². The smallest absolute Gasteiger partial charge is 0.469 e. The quantitative estimate of drug-likeness (QED) is 0.662. The average Bonchev–Trinajstić information content (AvgIpc) is 2.24. The fraction of sp³-hybridized carbons (Fsp3) is 0.400. The van der Waals surface area contributed by atoms with Gasteiger partial charge in [-0.25, -0.2) is 14.2 Å². The van der Waals surface area contributed by atoms with Gasteiger partial charge in [0, 0.05) is 19.2 Å². The van der Waals surface area contributed by atoms with Crippen LogP contribution in [0, 0.1) is 5.82 Å². The Kier molecular flexibility index (Phi) is 3.56. The zero-order chi connectivity index (χ0) is 14.0. The first-order valence-corrected chi connectivity index (χ1v) is 5.18. The summed E-state index contributed by atoms with van der Waals surface area (Å²) in [5, 5.41) is 2.86. The number of rotatable bonds is 3. The minimum Gasteiger partial charge on any atom is -0.469 e. The van der Waals surface area contributed by atoms with Crippen molar-refractivity contribution < 1.29 is 31.8 Å². The van der Waals surface area contributed by atoms with Gasteiger partial charge in [-0.15, -0.1) is 0 Å². The number of ether oxygens (including phenoxy) is 2. The fourth-order valence-corrected chi connectivity index (χ4v) is 1.23. The third kappa shape index (κ3) is 3.31. The van der Waals surface area contributed by atoms with Crippen molar-refractivity contribution in [2.45, 2.75) is 12.3 Å². The number of hydrogen-bond donors (Lipinski definition) is 1. The number of hydrogen-bond acceptors (Lipinski definition) is 5. The van der Waals surface area contributed by atoms with Crippen molar-refractivity contribution >= 4 is 5.97 Å². The second kappa shape index (κ2) is 5.00. The molecule has 0 aromatic carbocycles. The number of carbonyl (C=O) groups excluding carboxylic acids is 1. The van der Waals surface area contributed by atoms with Crippen molar-refractivity contribution in [1.82, 2.24) is 10.3 Å². The van der Waals surface area contributed by atoms with E-state index in [0.717, 1.165) is 6.20 Å². The fourth-order valence-electron chi connectivity index (χ4n) is 1.23. The lowest BCUT2D eigenvalue weighted by molar-refractivity contribution is -0.189. The first-order chi connectivity index (χ1) is 8.86. The number of carbonyl (C=O) groups is 1. The zero-order valence-corrected chi connectivity index (χ0v) is 9.33. The highest BCUT2D eigenvalue weighted by Gasteiger charge is 2.42. The summed E-state index contributed by atoms with van der Waals surface area (Å²) in [6, 6.07) is 0.609. The van der Waals surface area contributed by atoms with E-state index in [1.807, 2.05) is 0 Å². The molecule has 0 atom stereocenters. The molecular weight excluding hydrogens is 272 g/mol. The number of alkyl halides is 3. The van der Waals surface area contributed by atoms with E-state index in [1.54, 1.807) is 0 Å². The number of nitrogens with one attached hydrogen (secondary N) is 1. The van der Waals surface area contributed by atoms with Crippen LogP contribution in [0.4, 0.5) is 17.6 Å². The van der Waals surface area contributed by atoms with E-state index < -0.39 is 23.7 Å². The molecule has 0 radical (unpaired) electrons. The maximum atomic E-state index is 12.9. The Morgan fingerprint density at radius 1 is 1.42 bits per heavy atom. The summed E-state index contributed by atoms with van der Waals surface area (Å²) in [5.74, 6) is -4.46. The van der Waals surface area contributed by atoms with E-state index in [2.05, 4.69) is 15.0 Å². The number of nitrogens with zero attached hydrogens (tertiary/aromatic N) is 1. The van der Waals surface area contributed by atoms with E-state index in [1.165, 1.54) is 0 Å². The molecule has 5 nitrogen and oxygen atoms in total. The van der Waals surface area contributed by atoms with Gasteiger partial charge in [0.1, 0.15) is 11.9 Å². The van der Waals surface area contributed by atoms with Crippen LogP contribution in [0.15, 0.2) is 12.3 Å². The minimum absolute atomic E-state index is 0.304. The Labute approximate surface area is 104 Å². The molecule has 1 aliphatic heterocycles. The molecular formula is C10H8F4N2O3. The molecule has 1 N–H and O–H groups in total. The molecule has 0 aliphatic carbocycles. The van der Waals surface area contributed by atoms with Crippen LogP contribution in [0.1, 0.15) is 0 Å². The van der Waals surface area contributed by atoms with Crippen LogP contribution in [0.3, 0.4) is 0 Å². The van der Waals surface area contributed by atoms with Crippen molar-refractivity contribution in [3.63, 3.8) is 0 Å². The van der Waals surface area contributed by atoms with E-state index in [9.17, 15) is 22.4 Å². The normalized spacial score (nSPS) is 15.8. The summed E-state index contributed by atoms with van der Waals surface area (Å²) in [6.07, 6.45) is -4.73. The van der Waals surface area contributed by atoms with Crippen LogP contribution in [0.25, 0.3) is 0 Å². The Hall–Kier alpha value is -1.90. The van der Waals surface area contributed by atoms with Gasteiger partial charge in [0.05, 0.1) is 6.20 Å². The predicted octanol–water partition coefficient (Wildman–Crippen LogP) is 1.04. The summed E-state index contributed by atoms with van der Waals surface area (Å²) in [5.41, 5.74) is 0. The van der Waals surface area contributed by atoms with Crippen LogP contribution in [-0.4, -0.2) is 36.3 Å². The number of aromatic nitrogens is 1. The monoisotopic (exact) mass is 280 g/mol. The number of pyridine rings is 1. The zero-order valence-electron chi connectivity index (χ0n) is 9.33. The standard InChI is InChI=1S/C10H8F4N2O3/c11-5-1-7(19-9(17)10(12,13)14)8(16-2-5)18-6-3-15-4-6/h1-2,6,15H,3-4H2. The van der Waals surface area contributed by atoms with Gasteiger partial charge in [0.25, 0.3) is 5.88 Å². The maximum Gasteiger partial charge on any atom is 0.491 e. The summed E-state index contributed by atoms with van der Waals surface area (Å²) in [7, 11) is 0. The van der Waals surface area contributed by atoms with Gasteiger partial charge < -0.3 is 14.8 Å². The molecule has 2 rings (SSSR count). The van der Waals surface area contributed by atoms with Crippen molar-refractivity contribution in [2.75, 3.05) is 13.1 Å². The van der Waals surface area contributed by atoms with Gasteiger partial charge in [-0.3, -0.25) is 0 Å². The molecule has 1 fully saturated rings. The Bertz CT molecular complexity index is 488. The lowest BCUT2D eigenvalue weighted by Crippen LogP contribution is -2.50. The molecule has 0 spiro atoms. The van der Waals surface area contributed by atoms with Gasteiger partial charge in [-0.2, -0.15) is 13.2 Å². The maximum absolute atomic E-state index is 12.9. The summed E-state index contributed by atoms with van der Waals surface area (Å²) in [4.78, 5) is 14.2. The largest absolute Gasteiger partial charge is 0.491 e. The van der Waals surface area contributed by atoms with E-state index in [-0.39, 0.29) is 12.0 Å². The second-order valence-corrected chi connectivity index (χ2v) is 3.74. The van der Waals surface area contributed by atoms with Crippen LogP contribution < -0.4 is 14.8 Å². The van der Waals surface area contributed by atoms with Crippen molar-refractivity contribution in [1.29, 1.82) is 0 Å². The molecule has 1 aromatic heterocycles. The highest BCUT2D eigenvalue weighted by atomic mass is 19.4. The first kappa shape index (κ1) is 13.5. The molecule has 2 heterocycles. The van der Waals surface area contributed by atoms with Crippen LogP contribution in [-0.2, 0) is 4.79 Å². The summed E-state index contributed by atoms with van der Waals surface area (Å²) in [6.45, 7) is 0.956. The van der Waals surface area contributed by atoms with Gasteiger partial charge in [0.15, 0.2) is 5.75 Å². The molecule has 0 bridgehead atoms. The number of esters is 1. The van der Waals surface area contributed by atoms with E-state index in [4.69, 9.17) is 4.74 Å². The molecule has 1 aliphatic rings. The van der Waals surface area contributed by atoms with Crippen LogP contribution >= 0.6 is 0 Å². The SMILES string of the molecule is O=C(Oc1cc(F)cnc1OC1CNC1)C(F)(F)F. The highest BCUT2D eigenvalue weighted by molar-refractivity contribution is 5.78. The third-order valence-corrected chi connectivity index (χ3v) is 2.24. The van der Waals surface area contributed by atoms with Crippen LogP contribution in [0.2, 0.25) is 0 Å². The van der Waals surface area contributed by atoms with Gasteiger partial charge in [-0.05, 0) is 0 Å². The second-order valence-electron chi connectivity index (χ2n) is 3.74. The Morgan fingerprint density at radius 2 is 2.11 bits per heavy atom. The summed E-state index contributed by atoms with van der Waals surface area (Å²) < 4.78 is 58.3. The average molecular weight is 280 g/mol. The van der Waals surface area contributed by atoms with Gasteiger partial charge >= 0.3 is 12.1 Å². The minimum atomic E-state index is -5.18. The molecule has 0 amide bonds. The summed E-state index contributed by atoms with van der Waals surface area (Å²) >= 11 is 0. The topological polar surface area (TPSA) is 60.5 Å². The van der Waals surface area contributed by atoms with Crippen molar-refractivity contribution in [2.24, 2.45) is 0 Å². The lowest BCUT2D eigenvalue weighted by Gasteiger charge is -2.27. The molecule has 1 aromatic rings. The highest BCUT2D eigenvalue weighted by Crippen LogP contribution is 2.29. The third-order valence-electron chi connectivity index (χ3n) is 2.24. The molecule has 19 heavy (non-hydrogen) atoms. The van der Waals surface area contributed by atoms with E-state index in [0.29, 0.717) is 19.2 Å². The molecule has 9 heteroatoms. The molecule has 0 saturated carbocycles. The van der Waals surface area contributed by atoms with E-state index >= 15 is 0 Å². The van der Waals surface area contributed by atoms with Gasteiger partial charge in [0.2, 0.25) is 0 Å². The Morgan fingerprint density at radius 3 is 2.63 bits per heavy atom. The van der Waals surface area contributed by atoms with Crippen molar-refractivity contribution in [3.8, 4) is 11.6 Å². The predicted molar refractivity (Wildman–Crippen MR) is 53.2 cm³/mol. The number of halogens is 4. The lowest BCUT2D eigenvalue weighted by atomic mass is 10.2. The van der Waals surface area contributed by atoms with Gasteiger partial charge in [-0.1, -0.05) is 0 Å². The molecule has 1 saturated heterocycles. The molecule has 104 valence electrons.